The quantitative estimate of drug-likeness (QED) is 0.582. The topological polar surface area (TPSA) is 107 Å². The van der Waals surface area contributed by atoms with Gasteiger partial charge in [-0.15, -0.1) is 0 Å². The Morgan fingerprint density at radius 1 is 1.19 bits per heavy atom. The number of amides is 2. The Kier molecular flexibility index (Phi) is 7.69. The molecule has 8 heteroatoms. The zero-order valence-corrected chi connectivity index (χ0v) is 19.0. The Bertz CT molecular complexity index is 1020. The summed E-state index contributed by atoms with van der Waals surface area (Å²) < 4.78 is 7.55. The van der Waals surface area contributed by atoms with E-state index >= 15 is 0 Å². The van der Waals surface area contributed by atoms with Gasteiger partial charge in [0.15, 0.2) is 11.4 Å². The first kappa shape index (κ1) is 23.5. The number of ether oxygens (including phenoxy) is 1. The van der Waals surface area contributed by atoms with Crippen LogP contribution in [-0.2, 0) is 17.9 Å². The number of rotatable bonds is 9. The average molecular weight is 441 g/mol. The van der Waals surface area contributed by atoms with Gasteiger partial charge in [0, 0.05) is 30.9 Å². The van der Waals surface area contributed by atoms with Crippen molar-refractivity contribution < 1.29 is 14.3 Å². The van der Waals surface area contributed by atoms with E-state index in [1.54, 1.807) is 21.6 Å². The lowest BCUT2D eigenvalue weighted by Gasteiger charge is -2.35. The molecule has 172 valence electrons. The molecule has 3 N–H and O–H groups in total. The lowest BCUT2D eigenvalue weighted by molar-refractivity contribution is -0.122. The van der Waals surface area contributed by atoms with Crippen molar-refractivity contribution in [1.29, 1.82) is 0 Å². The lowest BCUT2D eigenvalue weighted by Crippen LogP contribution is -2.46. The van der Waals surface area contributed by atoms with Crippen LogP contribution in [0, 0.1) is 0 Å². The second kappa shape index (κ2) is 10.5. The minimum absolute atomic E-state index is 0.00192. The van der Waals surface area contributed by atoms with E-state index in [0.29, 0.717) is 31.0 Å². The predicted octanol–water partition coefficient (Wildman–Crippen LogP) is 2.21. The summed E-state index contributed by atoms with van der Waals surface area (Å²) in [5.41, 5.74) is 7.23. The molecule has 0 saturated heterocycles. The van der Waals surface area contributed by atoms with Crippen molar-refractivity contribution >= 4 is 11.8 Å². The van der Waals surface area contributed by atoms with Crippen LogP contribution in [0.2, 0.25) is 0 Å². The van der Waals surface area contributed by atoms with Crippen LogP contribution in [-0.4, -0.2) is 40.5 Å². The molecule has 1 aromatic carbocycles. The van der Waals surface area contributed by atoms with Gasteiger partial charge in [0.2, 0.25) is 11.3 Å². The monoisotopic (exact) mass is 440 g/mol. The van der Waals surface area contributed by atoms with Crippen molar-refractivity contribution in [3.8, 4) is 5.75 Å². The number of pyridine rings is 1. The highest BCUT2D eigenvalue weighted by molar-refractivity contribution is 5.96. The molecule has 0 fully saturated rings. The van der Waals surface area contributed by atoms with Crippen molar-refractivity contribution in [3.05, 3.63) is 63.6 Å². The Labute approximate surface area is 188 Å². The van der Waals surface area contributed by atoms with Gasteiger partial charge in [-0.25, -0.2) is 0 Å². The number of hydrogen-bond donors (Lipinski definition) is 2. The normalized spacial score (nSPS) is 14.3. The Balaban J connectivity index is 1.89. The number of carbonyl (C=O) groups is 2. The lowest BCUT2D eigenvalue weighted by atomic mass is 10.1. The number of nitrogens with one attached hydrogen (secondary N) is 1. The van der Waals surface area contributed by atoms with Crippen molar-refractivity contribution in [1.82, 2.24) is 14.8 Å². The molecule has 0 radical (unpaired) electrons. The highest BCUT2D eigenvalue weighted by Gasteiger charge is 2.32. The average Bonchev–Trinajstić information content (AvgIpc) is 2.79. The van der Waals surface area contributed by atoms with E-state index in [2.05, 4.69) is 5.32 Å². The van der Waals surface area contributed by atoms with E-state index in [1.165, 1.54) is 6.07 Å². The fraction of sp³-hybridized carbons (Fsp3) is 0.458. The number of nitrogens with two attached hydrogens (primary N) is 1. The molecular formula is C24H32N4O4. The smallest absolute Gasteiger partial charge is 0.274 e. The van der Waals surface area contributed by atoms with Crippen LogP contribution < -0.4 is 21.2 Å². The van der Waals surface area contributed by atoms with Crippen molar-refractivity contribution in [2.24, 2.45) is 5.73 Å². The summed E-state index contributed by atoms with van der Waals surface area (Å²) in [5.74, 6) is -0.499. The minimum Gasteiger partial charge on any atom is -0.487 e. The van der Waals surface area contributed by atoms with Crippen LogP contribution in [0.25, 0.3) is 0 Å². The van der Waals surface area contributed by atoms with Gasteiger partial charge in [0.1, 0.15) is 6.04 Å². The van der Waals surface area contributed by atoms with Gasteiger partial charge in [-0.2, -0.15) is 0 Å². The zero-order chi connectivity index (χ0) is 23.3. The van der Waals surface area contributed by atoms with E-state index in [-0.39, 0.29) is 41.3 Å². The highest BCUT2D eigenvalue weighted by atomic mass is 16.5. The second-order valence-corrected chi connectivity index (χ2v) is 8.23. The van der Waals surface area contributed by atoms with E-state index in [1.807, 2.05) is 39.0 Å². The molecule has 2 aromatic rings. The number of carbonyl (C=O) groups excluding carboxylic acids is 2. The number of unbranched alkanes of at least 4 members (excludes halogenated alkanes) is 1. The van der Waals surface area contributed by atoms with Crippen LogP contribution in [0.3, 0.4) is 0 Å². The number of aromatic nitrogens is 1. The third kappa shape index (κ3) is 5.02. The number of fused-ring (bicyclic) bond motifs is 1. The molecule has 3 rings (SSSR count). The first-order chi connectivity index (χ1) is 15.3. The van der Waals surface area contributed by atoms with Crippen LogP contribution in [0.4, 0.5) is 0 Å². The molecule has 0 bridgehead atoms. The van der Waals surface area contributed by atoms with Crippen LogP contribution in [0.5, 0.6) is 5.75 Å². The molecule has 1 aromatic heterocycles. The summed E-state index contributed by atoms with van der Waals surface area (Å²) in [4.78, 5) is 40.4. The second-order valence-electron chi connectivity index (χ2n) is 8.23. The van der Waals surface area contributed by atoms with E-state index < -0.39 is 6.04 Å². The predicted molar refractivity (Wildman–Crippen MR) is 122 cm³/mol. The van der Waals surface area contributed by atoms with Gasteiger partial charge in [0.25, 0.3) is 5.91 Å². The first-order valence-electron chi connectivity index (χ1n) is 11.1. The fourth-order valence-electron chi connectivity index (χ4n) is 3.79. The van der Waals surface area contributed by atoms with Crippen molar-refractivity contribution in [2.45, 2.75) is 58.8 Å². The summed E-state index contributed by atoms with van der Waals surface area (Å²) in [6.45, 7) is 7.41. The van der Waals surface area contributed by atoms with E-state index in [4.69, 9.17) is 10.5 Å². The largest absolute Gasteiger partial charge is 0.487 e. The molecule has 2 heterocycles. The molecule has 1 aliphatic heterocycles. The molecule has 0 aliphatic carbocycles. The maximum absolute atomic E-state index is 13.2. The minimum atomic E-state index is -0.821. The van der Waals surface area contributed by atoms with E-state index in [9.17, 15) is 14.4 Å². The molecule has 0 spiro atoms. The summed E-state index contributed by atoms with van der Waals surface area (Å²) in [6.07, 6.45) is 1.71. The third-order valence-corrected chi connectivity index (χ3v) is 5.63. The Hall–Kier alpha value is -3.13. The molecule has 0 saturated carbocycles. The first-order valence-corrected chi connectivity index (χ1v) is 11.1. The number of nitrogens with zero attached hydrogens (tertiary/aromatic N) is 2. The molecule has 32 heavy (non-hydrogen) atoms. The van der Waals surface area contributed by atoms with Crippen LogP contribution >= 0.6 is 0 Å². The van der Waals surface area contributed by atoms with E-state index in [0.717, 1.165) is 12.8 Å². The standard InChI is InChI=1S/C24H32N4O4/c1-4-5-13-32-22-19(29)14-18(28-12-11-27(16(2)3)24(31)21(22)28)15-26-23(30)20(25)17-9-7-6-8-10-17/h6-10,14,16,20H,4-5,11-13,15,25H2,1-3H3,(H,26,30)/t20-/m1/s1. The molecule has 2 amide bonds. The van der Waals surface area contributed by atoms with Gasteiger partial charge in [-0.05, 0) is 25.8 Å². The maximum Gasteiger partial charge on any atom is 0.274 e. The number of hydrogen-bond acceptors (Lipinski definition) is 5. The Morgan fingerprint density at radius 3 is 2.56 bits per heavy atom. The molecule has 0 unspecified atom stereocenters. The maximum atomic E-state index is 13.2. The van der Waals surface area contributed by atoms with Gasteiger partial charge in [0.05, 0.1) is 13.2 Å². The van der Waals surface area contributed by atoms with Gasteiger partial charge in [-0.1, -0.05) is 43.7 Å². The highest BCUT2D eigenvalue weighted by Crippen LogP contribution is 2.24. The zero-order valence-electron chi connectivity index (χ0n) is 19.0. The van der Waals surface area contributed by atoms with Gasteiger partial charge >= 0.3 is 0 Å². The van der Waals surface area contributed by atoms with Gasteiger partial charge < -0.3 is 25.3 Å². The summed E-state index contributed by atoms with van der Waals surface area (Å²) >= 11 is 0. The SMILES string of the molecule is CCCCOc1c2n(c(CNC(=O)[C@H](N)c3ccccc3)cc1=O)CCN(C(C)C)C2=O. The van der Waals surface area contributed by atoms with Crippen LogP contribution in [0.15, 0.2) is 41.2 Å². The third-order valence-electron chi connectivity index (χ3n) is 5.63. The fourth-order valence-corrected chi connectivity index (χ4v) is 3.79. The summed E-state index contributed by atoms with van der Waals surface area (Å²) in [7, 11) is 0. The number of benzene rings is 1. The van der Waals surface area contributed by atoms with Crippen LogP contribution in [0.1, 0.15) is 61.4 Å². The molecule has 8 nitrogen and oxygen atoms in total. The summed E-state index contributed by atoms with van der Waals surface area (Å²) in [5, 5.41) is 2.81. The van der Waals surface area contributed by atoms with Crippen molar-refractivity contribution in [2.75, 3.05) is 13.2 Å². The summed E-state index contributed by atoms with van der Waals surface area (Å²) in [6, 6.07) is 9.70. The molecule has 1 atom stereocenters. The molecule has 1 aliphatic rings. The molecular weight excluding hydrogens is 408 g/mol. The van der Waals surface area contributed by atoms with Crippen molar-refractivity contribution in [3.63, 3.8) is 0 Å². The Morgan fingerprint density at radius 2 is 1.91 bits per heavy atom. The van der Waals surface area contributed by atoms with Gasteiger partial charge in [-0.3, -0.25) is 14.4 Å².